The van der Waals surface area contributed by atoms with Crippen LogP contribution >= 0.6 is 11.8 Å². The second-order valence-electron chi connectivity index (χ2n) is 3.08. The van der Waals surface area contributed by atoms with Crippen LogP contribution in [0.5, 0.6) is 0 Å². The standard InChI is InChI=1S/C7H13NO2S/c1-7(3-2-4-11-7)5(8)6(9)10/h5H,2-4,8H2,1H3,(H,9,10). The van der Waals surface area contributed by atoms with Crippen LogP contribution in [0.25, 0.3) is 0 Å². The van der Waals surface area contributed by atoms with Crippen molar-refractivity contribution in [1.82, 2.24) is 0 Å². The fourth-order valence-electron chi connectivity index (χ4n) is 1.31. The zero-order chi connectivity index (χ0) is 8.48. The van der Waals surface area contributed by atoms with Crippen molar-refractivity contribution in [3.8, 4) is 0 Å². The van der Waals surface area contributed by atoms with E-state index in [1.165, 1.54) is 0 Å². The van der Waals surface area contributed by atoms with Crippen LogP contribution < -0.4 is 5.73 Å². The quantitative estimate of drug-likeness (QED) is 0.648. The van der Waals surface area contributed by atoms with Crippen LogP contribution in [-0.4, -0.2) is 27.6 Å². The van der Waals surface area contributed by atoms with E-state index in [1.54, 1.807) is 11.8 Å². The predicted molar refractivity (Wildman–Crippen MR) is 45.7 cm³/mol. The van der Waals surface area contributed by atoms with Crippen LogP contribution in [0, 0.1) is 0 Å². The molecule has 1 aliphatic heterocycles. The monoisotopic (exact) mass is 175 g/mol. The summed E-state index contributed by atoms with van der Waals surface area (Å²) in [6.07, 6.45) is 2.01. The van der Waals surface area contributed by atoms with Crippen molar-refractivity contribution in [2.24, 2.45) is 5.73 Å². The first kappa shape index (κ1) is 8.87. The molecule has 0 spiro atoms. The highest BCUT2D eigenvalue weighted by molar-refractivity contribution is 8.01. The summed E-state index contributed by atoms with van der Waals surface area (Å²) in [5, 5.41) is 8.67. The molecule has 0 aromatic heterocycles. The zero-order valence-corrected chi connectivity index (χ0v) is 7.36. The first-order valence-corrected chi connectivity index (χ1v) is 4.67. The Balaban J connectivity index is 2.63. The van der Waals surface area contributed by atoms with Crippen LogP contribution in [0.15, 0.2) is 0 Å². The minimum atomic E-state index is -0.887. The fourth-order valence-corrected chi connectivity index (χ4v) is 2.63. The third-order valence-electron chi connectivity index (χ3n) is 2.17. The number of carbonyl (C=O) groups is 1. The van der Waals surface area contributed by atoms with E-state index in [0.29, 0.717) is 0 Å². The van der Waals surface area contributed by atoms with Gasteiger partial charge < -0.3 is 10.8 Å². The van der Waals surface area contributed by atoms with Gasteiger partial charge in [-0.3, -0.25) is 4.79 Å². The van der Waals surface area contributed by atoms with E-state index in [-0.39, 0.29) is 4.75 Å². The van der Waals surface area contributed by atoms with Crippen molar-refractivity contribution in [1.29, 1.82) is 0 Å². The van der Waals surface area contributed by atoms with E-state index in [2.05, 4.69) is 0 Å². The van der Waals surface area contributed by atoms with E-state index < -0.39 is 12.0 Å². The number of aliphatic carboxylic acids is 1. The minimum absolute atomic E-state index is 0.230. The lowest BCUT2D eigenvalue weighted by Crippen LogP contribution is -2.47. The molecule has 0 aromatic carbocycles. The Morgan fingerprint density at radius 3 is 2.82 bits per heavy atom. The van der Waals surface area contributed by atoms with Gasteiger partial charge in [0.05, 0.1) is 0 Å². The number of carboxylic acid groups (broad SMARTS) is 1. The molecule has 0 bridgehead atoms. The van der Waals surface area contributed by atoms with Crippen LogP contribution in [0.2, 0.25) is 0 Å². The van der Waals surface area contributed by atoms with E-state index in [4.69, 9.17) is 10.8 Å². The lowest BCUT2D eigenvalue weighted by Gasteiger charge is -2.26. The number of thioether (sulfide) groups is 1. The largest absolute Gasteiger partial charge is 0.480 e. The van der Waals surface area contributed by atoms with Crippen molar-refractivity contribution < 1.29 is 9.90 Å². The Hall–Kier alpha value is -0.220. The smallest absolute Gasteiger partial charge is 0.321 e. The average molecular weight is 175 g/mol. The highest BCUT2D eigenvalue weighted by Gasteiger charge is 2.39. The third-order valence-corrected chi connectivity index (χ3v) is 3.78. The molecule has 3 nitrogen and oxygen atoms in total. The Kier molecular flexibility index (Phi) is 2.44. The molecule has 3 N–H and O–H groups in total. The summed E-state index contributed by atoms with van der Waals surface area (Å²) in [5.74, 6) is 0.152. The summed E-state index contributed by atoms with van der Waals surface area (Å²) < 4.78 is -0.230. The molecule has 1 rings (SSSR count). The first-order valence-electron chi connectivity index (χ1n) is 3.68. The number of nitrogens with two attached hydrogens (primary N) is 1. The topological polar surface area (TPSA) is 63.3 Å². The Morgan fingerprint density at radius 2 is 2.45 bits per heavy atom. The molecule has 1 heterocycles. The van der Waals surface area contributed by atoms with E-state index in [9.17, 15) is 4.79 Å². The number of carboxylic acids is 1. The van der Waals surface area contributed by atoms with Crippen molar-refractivity contribution in [3.05, 3.63) is 0 Å². The highest BCUT2D eigenvalue weighted by atomic mass is 32.2. The molecule has 0 saturated carbocycles. The maximum absolute atomic E-state index is 10.6. The van der Waals surface area contributed by atoms with Gasteiger partial charge in [-0.2, -0.15) is 11.8 Å². The van der Waals surface area contributed by atoms with Gasteiger partial charge >= 0.3 is 5.97 Å². The van der Waals surface area contributed by atoms with E-state index in [0.717, 1.165) is 18.6 Å². The minimum Gasteiger partial charge on any atom is -0.480 e. The van der Waals surface area contributed by atoms with Crippen molar-refractivity contribution in [3.63, 3.8) is 0 Å². The van der Waals surface area contributed by atoms with Gasteiger partial charge in [-0.05, 0) is 25.5 Å². The Morgan fingerprint density at radius 1 is 1.82 bits per heavy atom. The van der Waals surface area contributed by atoms with Crippen LogP contribution in [0.3, 0.4) is 0 Å². The molecule has 2 unspecified atom stereocenters. The molecule has 0 aromatic rings. The molecule has 1 saturated heterocycles. The first-order chi connectivity index (χ1) is 5.06. The van der Waals surface area contributed by atoms with E-state index >= 15 is 0 Å². The summed E-state index contributed by atoms with van der Waals surface area (Å²) >= 11 is 1.68. The molecule has 0 aliphatic carbocycles. The van der Waals surface area contributed by atoms with Crippen LogP contribution in [0.1, 0.15) is 19.8 Å². The molecular weight excluding hydrogens is 162 g/mol. The second kappa shape index (κ2) is 3.03. The van der Waals surface area contributed by atoms with Gasteiger partial charge in [0, 0.05) is 4.75 Å². The van der Waals surface area contributed by atoms with Gasteiger partial charge in [0.15, 0.2) is 0 Å². The van der Waals surface area contributed by atoms with Crippen molar-refractivity contribution in [2.45, 2.75) is 30.6 Å². The normalized spacial score (nSPS) is 33.6. The third kappa shape index (κ3) is 1.68. The summed E-state index contributed by atoms with van der Waals surface area (Å²) in [6.45, 7) is 1.93. The van der Waals surface area contributed by atoms with E-state index in [1.807, 2.05) is 6.92 Å². The summed E-state index contributed by atoms with van der Waals surface area (Å²) in [4.78, 5) is 10.6. The maximum atomic E-state index is 10.6. The van der Waals surface area contributed by atoms with Gasteiger partial charge in [0.1, 0.15) is 6.04 Å². The molecule has 1 fully saturated rings. The van der Waals surface area contributed by atoms with Gasteiger partial charge in [-0.15, -0.1) is 0 Å². The van der Waals surface area contributed by atoms with Gasteiger partial charge in [-0.25, -0.2) is 0 Å². The molecule has 1 aliphatic rings. The molecule has 2 atom stereocenters. The average Bonchev–Trinajstić information content (AvgIpc) is 2.35. The highest BCUT2D eigenvalue weighted by Crippen LogP contribution is 2.39. The lowest BCUT2D eigenvalue weighted by atomic mass is 9.97. The summed E-state index contributed by atoms with van der Waals surface area (Å²) in [6, 6.07) is -0.713. The van der Waals surface area contributed by atoms with Gasteiger partial charge in [0.25, 0.3) is 0 Å². The molecule has 11 heavy (non-hydrogen) atoms. The van der Waals surface area contributed by atoms with Crippen molar-refractivity contribution >= 4 is 17.7 Å². The Labute approximate surface area is 70.3 Å². The fraction of sp³-hybridized carbons (Fsp3) is 0.857. The number of hydrogen-bond donors (Lipinski definition) is 2. The predicted octanol–water partition coefficient (Wildman–Crippen LogP) is 0.684. The van der Waals surface area contributed by atoms with Gasteiger partial charge in [-0.1, -0.05) is 0 Å². The zero-order valence-electron chi connectivity index (χ0n) is 6.54. The number of hydrogen-bond acceptors (Lipinski definition) is 3. The second-order valence-corrected chi connectivity index (χ2v) is 4.71. The molecule has 0 amide bonds. The van der Waals surface area contributed by atoms with Gasteiger partial charge in [0.2, 0.25) is 0 Å². The molecule has 0 radical (unpaired) electrons. The molecule has 64 valence electrons. The molecular formula is C7H13NO2S. The Bertz CT molecular complexity index is 166. The number of rotatable bonds is 2. The summed E-state index contributed by atoms with van der Waals surface area (Å²) in [5.41, 5.74) is 5.54. The van der Waals surface area contributed by atoms with Crippen molar-refractivity contribution in [2.75, 3.05) is 5.75 Å². The van der Waals surface area contributed by atoms with Crippen LogP contribution in [0.4, 0.5) is 0 Å². The molecule has 4 heteroatoms. The maximum Gasteiger partial charge on any atom is 0.321 e. The lowest BCUT2D eigenvalue weighted by molar-refractivity contribution is -0.139. The summed E-state index contributed by atoms with van der Waals surface area (Å²) in [7, 11) is 0. The SMILES string of the molecule is CC1(C(N)C(=O)O)CCCS1. The van der Waals surface area contributed by atoms with Crippen LogP contribution in [-0.2, 0) is 4.79 Å².